The highest BCUT2D eigenvalue weighted by Crippen LogP contribution is 2.22. The number of nitrogens with zero attached hydrogens (tertiary/aromatic N) is 5. The maximum atomic E-state index is 12.8. The molecule has 1 aliphatic rings. The van der Waals surface area contributed by atoms with Crippen LogP contribution in [0.1, 0.15) is 25.7 Å². The standard InChI is InChI=1S/C19H21N5O3S2/c25-19-16-7-3-4-8-17(16)21-22-24(19)14-28-18-10-9-15(13-20-18)29(26,27)23-11-5-1-2-6-12-23/h3-4,7-10,13H,1-2,5-6,11-12,14H2. The first-order valence-electron chi connectivity index (χ1n) is 9.47. The summed E-state index contributed by atoms with van der Waals surface area (Å²) in [6, 6.07) is 10.3. The van der Waals surface area contributed by atoms with Gasteiger partial charge >= 0.3 is 0 Å². The molecule has 0 aliphatic carbocycles. The fourth-order valence-electron chi connectivity index (χ4n) is 3.27. The van der Waals surface area contributed by atoms with Crippen molar-refractivity contribution in [3.63, 3.8) is 0 Å². The van der Waals surface area contributed by atoms with E-state index in [9.17, 15) is 13.2 Å². The Balaban J connectivity index is 1.47. The monoisotopic (exact) mass is 431 g/mol. The van der Waals surface area contributed by atoms with Crippen LogP contribution in [0.25, 0.3) is 10.9 Å². The molecule has 2 aromatic heterocycles. The van der Waals surface area contributed by atoms with Crippen LogP contribution in [0.15, 0.2) is 57.3 Å². The number of hydrogen-bond donors (Lipinski definition) is 0. The molecule has 29 heavy (non-hydrogen) atoms. The van der Waals surface area contributed by atoms with Crippen LogP contribution >= 0.6 is 11.8 Å². The minimum absolute atomic E-state index is 0.200. The van der Waals surface area contributed by atoms with Crippen molar-refractivity contribution in [2.75, 3.05) is 13.1 Å². The smallest absolute Gasteiger partial charge is 0.267 e. The molecule has 0 amide bonds. The Morgan fingerprint density at radius 3 is 2.48 bits per heavy atom. The van der Waals surface area contributed by atoms with Gasteiger partial charge in [-0.25, -0.2) is 13.4 Å². The summed E-state index contributed by atoms with van der Waals surface area (Å²) >= 11 is 1.30. The molecule has 1 aliphatic heterocycles. The molecule has 3 aromatic rings. The van der Waals surface area contributed by atoms with Gasteiger partial charge < -0.3 is 0 Å². The third-order valence-electron chi connectivity index (χ3n) is 4.88. The number of thioether (sulfide) groups is 1. The second kappa shape index (κ2) is 8.60. The van der Waals surface area contributed by atoms with Gasteiger partial charge in [0.15, 0.2) is 0 Å². The summed E-state index contributed by atoms with van der Waals surface area (Å²) in [5, 5.41) is 9.13. The van der Waals surface area contributed by atoms with Gasteiger partial charge in [0.05, 0.1) is 16.3 Å². The molecular weight excluding hydrogens is 410 g/mol. The van der Waals surface area contributed by atoms with Crippen molar-refractivity contribution in [1.29, 1.82) is 0 Å². The summed E-state index contributed by atoms with van der Waals surface area (Å²) in [4.78, 5) is 16.9. The van der Waals surface area contributed by atoms with Crippen LogP contribution in [0.4, 0.5) is 0 Å². The molecule has 1 aromatic carbocycles. The first-order valence-corrected chi connectivity index (χ1v) is 11.9. The van der Waals surface area contributed by atoms with E-state index in [0.29, 0.717) is 29.0 Å². The SMILES string of the molecule is O=c1c2ccccc2nnn1CSc1ccc(S(=O)(=O)N2CCCCCC2)cn1. The summed E-state index contributed by atoms with van der Waals surface area (Å²) in [6.07, 6.45) is 5.30. The number of aromatic nitrogens is 4. The zero-order chi connectivity index (χ0) is 20.3. The van der Waals surface area contributed by atoms with Crippen LogP contribution in [-0.2, 0) is 15.9 Å². The van der Waals surface area contributed by atoms with E-state index in [2.05, 4.69) is 15.3 Å². The summed E-state index contributed by atoms with van der Waals surface area (Å²) in [5.41, 5.74) is 0.336. The van der Waals surface area contributed by atoms with Crippen LogP contribution in [0.3, 0.4) is 0 Å². The second-order valence-corrected chi connectivity index (χ2v) is 9.74. The lowest BCUT2D eigenvalue weighted by Crippen LogP contribution is -2.32. The number of sulfonamides is 1. The summed E-state index contributed by atoms with van der Waals surface area (Å²) in [6.45, 7) is 1.12. The van der Waals surface area contributed by atoms with Gasteiger partial charge in [-0.3, -0.25) is 4.79 Å². The molecule has 10 heteroatoms. The molecule has 0 atom stereocenters. The highest BCUT2D eigenvalue weighted by Gasteiger charge is 2.25. The quantitative estimate of drug-likeness (QED) is 0.573. The van der Waals surface area contributed by atoms with E-state index in [0.717, 1.165) is 25.7 Å². The molecule has 0 spiro atoms. The Bertz CT molecular complexity index is 1150. The zero-order valence-corrected chi connectivity index (χ0v) is 17.4. The maximum Gasteiger partial charge on any atom is 0.278 e. The van der Waals surface area contributed by atoms with E-state index in [1.807, 2.05) is 0 Å². The summed E-state index contributed by atoms with van der Waals surface area (Å²) in [5.74, 6) is 0.238. The summed E-state index contributed by atoms with van der Waals surface area (Å²) < 4.78 is 28.5. The van der Waals surface area contributed by atoms with Gasteiger partial charge in [-0.15, -0.1) is 5.10 Å². The van der Waals surface area contributed by atoms with Crippen LogP contribution in [0.2, 0.25) is 0 Å². The first-order chi connectivity index (χ1) is 14.1. The van der Waals surface area contributed by atoms with Gasteiger partial charge in [0, 0.05) is 19.3 Å². The lowest BCUT2D eigenvalue weighted by Gasteiger charge is -2.19. The predicted molar refractivity (Wildman–Crippen MR) is 111 cm³/mol. The number of benzene rings is 1. The Morgan fingerprint density at radius 1 is 1.00 bits per heavy atom. The molecular formula is C19H21N5O3S2. The highest BCUT2D eigenvalue weighted by molar-refractivity contribution is 7.98. The number of hydrogen-bond acceptors (Lipinski definition) is 7. The minimum Gasteiger partial charge on any atom is -0.267 e. The third-order valence-corrected chi connectivity index (χ3v) is 7.67. The number of fused-ring (bicyclic) bond motifs is 1. The van der Waals surface area contributed by atoms with E-state index in [4.69, 9.17) is 0 Å². The third kappa shape index (κ3) is 4.34. The van der Waals surface area contributed by atoms with Crippen molar-refractivity contribution in [1.82, 2.24) is 24.3 Å². The topological polar surface area (TPSA) is 98.0 Å². The predicted octanol–water partition coefficient (Wildman–Crippen LogP) is 2.50. The molecule has 0 saturated carbocycles. The fourth-order valence-corrected chi connectivity index (χ4v) is 5.45. The number of pyridine rings is 1. The van der Waals surface area contributed by atoms with Gasteiger partial charge in [0.1, 0.15) is 10.4 Å². The second-order valence-electron chi connectivity index (χ2n) is 6.84. The lowest BCUT2D eigenvalue weighted by molar-refractivity contribution is 0.423. The van der Waals surface area contributed by atoms with Crippen LogP contribution < -0.4 is 5.56 Å². The van der Waals surface area contributed by atoms with Crippen molar-refractivity contribution < 1.29 is 8.42 Å². The van der Waals surface area contributed by atoms with Crippen molar-refractivity contribution >= 4 is 32.7 Å². The van der Waals surface area contributed by atoms with Crippen LogP contribution in [-0.4, -0.2) is 45.8 Å². The molecule has 152 valence electrons. The van der Waals surface area contributed by atoms with Gasteiger partial charge in [-0.2, -0.15) is 8.99 Å². The van der Waals surface area contributed by atoms with E-state index in [-0.39, 0.29) is 16.3 Å². The molecule has 0 radical (unpaired) electrons. The average molecular weight is 432 g/mol. The molecule has 8 nitrogen and oxygen atoms in total. The maximum absolute atomic E-state index is 12.8. The lowest BCUT2D eigenvalue weighted by atomic mass is 10.2. The molecule has 0 unspecified atom stereocenters. The molecule has 4 rings (SSSR count). The zero-order valence-electron chi connectivity index (χ0n) is 15.8. The molecule has 0 bridgehead atoms. The van der Waals surface area contributed by atoms with E-state index < -0.39 is 10.0 Å². The fraction of sp³-hybridized carbons (Fsp3) is 0.368. The first kappa shape index (κ1) is 20.0. The van der Waals surface area contributed by atoms with Gasteiger partial charge in [0.25, 0.3) is 5.56 Å². The van der Waals surface area contributed by atoms with Crippen LogP contribution in [0.5, 0.6) is 0 Å². The van der Waals surface area contributed by atoms with E-state index in [1.54, 1.807) is 40.7 Å². The Morgan fingerprint density at radius 2 is 1.76 bits per heavy atom. The molecule has 0 N–H and O–H groups in total. The van der Waals surface area contributed by atoms with Crippen molar-refractivity contribution in [3.05, 3.63) is 52.9 Å². The average Bonchev–Trinajstić information content (AvgIpc) is 3.04. The van der Waals surface area contributed by atoms with Crippen LogP contribution in [0, 0.1) is 0 Å². The van der Waals surface area contributed by atoms with Gasteiger partial charge in [-0.05, 0) is 37.1 Å². The molecule has 3 heterocycles. The Kier molecular flexibility index (Phi) is 5.93. The molecule has 1 saturated heterocycles. The normalized spacial score (nSPS) is 16.0. The van der Waals surface area contributed by atoms with Gasteiger partial charge in [-0.1, -0.05) is 41.9 Å². The Hall–Kier alpha value is -2.30. The minimum atomic E-state index is -3.52. The van der Waals surface area contributed by atoms with Gasteiger partial charge in [0.2, 0.25) is 10.0 Å². The largest absolute Gasteiger partial charge is 0.278 e. The Labute approximate surface area is 173 Å². The molecule has 1 fully saturated rings. The van der Waals surface area contributed by atoms with Crippen molar-refractivity contribution in [2.24, 2.45) is 0 Å². The van der Waals surface area contributed by atoms with Crippen molar-refractivity contribution in [2.45, 2.75) is 41.5 Å². The highest BCUT2D eigenvalue weighted by atomic mass is 32.2. The van der Waals surface area contributed by atoms with Crippen molar-refractivity contribution in [3.8, 4) is 0 Å². The summed E-state index contributed by atoms with van der Waals surface area (Å²) in [7, 11) is -3.52. The van der Waals surface area contributed by atoms with E-state index in [1.165, 1.54) is 22.6 Å². The van der Waals surface area contributed by atoms with E-state index >= 15 is 0 Å². The number of rotatable bonds is 5.